The van der Waals surface area contributed by atoms with Crippen LogP contribution in [0.2, 0.25) is 0 Å². The lowest BCUT2D eigenvalue weighted by Crippen LogP contribution is -2.52. The molecule has 3 aromatic rings. The van der Waals surface area contributed by atoms with Crippen molar-refractivity contribution in [3.8, 4) is 21.7 Å². The molecule has 28 heavy (non-hydrogen) atoms. The van der Waals surface area contributed by atoms with Gasteiger partial charge < -0.3 is 9.64 Å². The number of carbonyl (C=O) groups is 1. The summed E-state index contributed by atoms with van der Waals surface area (Å²) in [6, 6.07) is 20.7. The third-order valence-corrected chi connectivity index (χ3v) is 5.99. The van der Waals surface area contributed by atoms with Crippen LogP contribution < -0.4 is 4.57 Å². The molecule has 2 atom stereocenters. The molecular weight excluding hydrogens is 368 g/mol. The van der Waals surface area contributed by atoms with Crippen molar-refractivity contribution in [2.75, 3.05) is 13.1 Å². The zero-order valence-electron chi connectivity index (χ0n) is 16.2. The number of carbonyl (C=O) groups excluding carboxylic acids is 1. The average molecular weight is 394 g/mol. The molecule has 2 unspecified atom stereocenters. The van der Waals surface area contributed by atoms with Crippen LogP contribution in [0, 0.1) is 0 Å². The molecule has 1 aromatic heterocycles. The number of morpholine rings is 1. The Hall–Kier alpha value is -2.50. The zero-order valence-corrected chi connectivity index (χ0v) is 17.1. The summed E-state index contributed by atoms with van der Waals surface area (Å²) in [5, 5.41) is 0. The van der Waals surface area contributed by atoms with Gasteiger partial charge in [-0.25, -0.2) is 0 Å². The third kappa shape index (κ3) is 4.01. The molecule has 0 spiro atoms. The molecule has 1 amide bonds. The van der Waals surface area contributed by atoms with Crippen molar-refractivity contribution in [1.29, 1.82) is 0 Å². The molecule has 144 valence electrons. The Balaban J connectivity index is 1.68. The maximum atomic E-state index is 13.0. The summed E-state index contributed by atoms with van der Waals surface area (Å²) in [6.07, 6.45) is 0.155. The quantitative estimate of drug-likeness (QED) is 0.628. The molecule has 2 heterocycles. The molecular formula is C23H25N2O2S+. The third-order valence-electron chi connectivity index (χ3n) is 4.96. The molecule has 0 radical (unpaired) electrons. The Morgan fingerprint density at radius 2 is 1.57 bits per heavy atom. The van der Waals surface area contributed by atoms with Gasteiger partial charge in [0, 0.05) is 18.7 Å². The van der Waals surface area contributed by atoms with E-state index < -0.39 is 0 Å². The van der Waals surface area contributed by atoms with E-state index >= 15 is 0 Å². The van der Waals surface area contributed by atoms with E-state index in [1.165, 1.54) is 10.4 Å². The smallest absolute Gasteiger partial charge is 0.288 e. The summed E-state index contributed by atoms with van der Waals surface area (Å²) < 4.78 is 7.87. The van der Waals surface area contributed by atoms with Crippen molar-refractivity contribution < 1.29 is 14.1 Å². The Kier molecular flexibility index (Phi) is 5.55. The predicted molar refractivity (Wildman–Crippen MR) is 112 cm³/mol. The number of benzene rings is 2. The van der Waals surface area contributed by atoms with Crippen LogP contribution in [0.15, 0.2) is 66.2 Å². The van der Waals surface area contributed by atoms with Gasteiger partial charge in [-0.3, -0.25) is 4.79 Å². The molecule has 2 aromatic carbocycles. The Bertz CT molecular complexity index is 930. The van der Waals surface area contributed by atoms with E-state index in [0.717, 1.165) is 11.3 Å². The van der Waals surface area contributed by atoms with Gasteiger partial charge in [-0.05, 0) is 31.5 Å². The lowest BCUT2D eigenvalue weighted by molar-refractivity contribution is -0.669. The van der Waals surface area contributed by atoms with Crippen LogP contribution in [-0.4, -0.2) is 36.1 Å². The fraction of sp³-hybridized carbons (Fsp3) is 0.304. The summed E-state index contributed by atoms with van der Waals surface area (Å²) in [6.45, 7) is 5.69. The highest BCUT2D eigenvalue weighted by Gasteiger charge is 2.30. The first-order chi connectivity index (χ1) is 13.6. The van der Waals surface area contributed by atoms with Gasteiger partial charge >= 0.3 is 0 Å². The minimum Gasteiger partial charge on any atom is -0.372 e. The lowest BCUT2D eigenvalue weighted by Gasteiger charge is -2.34. The minimum absolute atomic E-state index is 0.0775. The maximum absolute atomic E-state index is 13.0. The summed E-state index contributed by atoms with van der Waals surface area (Å²) in [5.74, 6) is 0.140. The highest BCUT2D eigenvalue weighted by molar-refractivity contribution is 7.13. The van der Waals surface area contributed by atoms with E-state index in [2.05, 4.69) is 46.5 Å². The predicted octanol–water partition coefficient (Wildman–Crippen LogP) is 4.01. The Morgan fingerprint density at radius 3 is 2.18 bits per heavy atom. The van der Waals surface area contributed by atoms with Crippen molar-refractivity contribution in [1.82, 2.24) is 4.90 Å². The van der Waals surface area contributed by atoms with E-state index in [0.29, 0.717) is 19.6 Å². The van der Waals surface area contributed by atoms with Gasteiger partial charge in [-0.15, -0.1) is 0 Å². The van der Waals surface area contributed by atoms with Gasteiger partial charge in [-0.2, -0.15) is 4.57 Å². The molecule has 4 nitrogen and oxygen atoms in total. The first-order valence-electron chi connectivity index (χ1n) is 9.67. The minimum atomic E-state index is 0.0775. The zero-order chi connectivity index (χ0) is 19.5. The monoisotopic (exact) mass is 393 g/mol. The normalized spacial score (nSPS) is 19.6. The van der Waals surface area contributed by atoms with Gasteiger partial charge in [0.1, 0.15) is 4.88 Å². The molecule has 1 aliphatic heterocycles. The molecule has 0 aliphatic carbocycles. The fourth-order valence-electron chi connectivity index (χ4n) is 3.79. The number of amides is 1. The molecule has 1 aliphatic rings. The molecule has 0 bridgehead atoms. The second-order valence-corrected chi connectivity index (χ2v) is 8.17. The largest absolute Gasteiger partial charge is 0.372 e. The lowest BCUT2D eigenvalue weighted by atomic mass is 10.1. The summed E-state index contributed by atoms with van der Waals surface area (Å²) in [7, 11) is 0. The first kappa shape index (κ1) is 18.8. The standard InChI is InChI=1S/C23H25N2O2S/c1-17-13-24(14-18(2)27-17)21(26)15-25-16-28-23(20-11-7-4-8-12-20)22(25)19-9-5-3-6-10-19/h3-12,16-18H,13-15H2,1-2H3/q+1. The van der Waals surface area contributed by atoms with Gasteiger partial charge in [-0.1, -0.05) is 59.9 Å². The molecule has 1 fully saturated rings. The second-order valence-electron chi connectivity index (χ2n) is 7.32. The van der Waals surface area contributed by atoms with Crippen LogP contribution in [0.5, 0.6) is 0 Å². The van der Waals surface area contributed by atoms with Gasteiger partial charge in [0.25, 0.3) is 5.91 Å². The van der Waals surface area contributed by atoms with Gasteiger partial charge in [0.05, 0.1) is 12.2 Å². The average Bonchev–Trinajstić information content (AvgIpc) is 3.12. The van der Waals surface area contributed by atoms with Gasteiger partial charge in [0.2, 0.25) is 17.7 Å². The van der Waals surface area contributed by atoms with Crippen LogP contribution in [0.1, 0.15) is 13.8 Å². The fourth-order valence-corrected chi connectivity index (χ4v) is 4.82. The summed E-state index contributed by atoms with van der Waals surface area (Å²) in [4.78, 5) is 16.2. The number of rotatable bonds is 4. The van der Waals surface area contributed by atoms with E-state index in [1.54, 1.807) is 11.3 Å². The highest BCUT2D eigenvalue weighted by atomic mass is 32.1. The van der Waals surface area contributed by atoms with E-state index in [9.17, 15) is 4.79 Å². The topological polar surface area (TPSA) is 33.4 Å². The Morgan fingerprint density at radius 1 is 1.00 bits per heavy atom. The number of hydrogen-bond acceptors (Lipinski definition) is 3. The SMILES string of the molecule is CC1CN(C(=O)C[n+]2csc(-c3ccccc3)c2-c2ccccc2)CC(C)O1. The van der Waals surface area contributed by atoms with Crippen LogP contribution in [0.4, 0.5) is 0 Å². The molecule has 0 saturated carbocycles. The first-order valence-corrected chi connectivity index (χ1v) is 10.5. The van der Waals surface area contributed by atoms with E-state index in [1.807, 2.05) is 43.0 Å². The number of nitrogens with zero attached hydrogens (tertiary/aromatic N) is 2. The van der Waals surface area contributed by atoms with Crippen molar-refractivity contribution in [3.63, 3.8) is 0 Å². The maximum Gasteiger partial charge on any atom is 0.288 e. The number of thiazole rings is 1. The molecule has 5 heteroatoms. The number of aromatic nitrogens is 1. The molecule has 1 saturated heterocycles. The van der Waals surface area contributed by atoms with Crippen LogP contribution in [0.25, 0.3) is 21.7 Å². The van der Waals surface area contributed by atoms with Crippen LogP contribution in [-0.2, 0) is 16.1 Å². The number of hydrogen-bond donors (Lipinski definition) is 0. The van der Waals surface area contributed by atoms with Crippen LogP contribution >= 0.6 is 11.3 Å². The van der Waals surface area contributed by atoms with E-state index in [4.69, 9.17) is 4.74 Å². The number of ether oxygens (including phenoxy) is 1. The Labute approximate surface area is 170 Å². The van der Waals surface area contributed by atoms with Crippen molar-refractivity contribution in [3.05, 3.63) is 66.2 Å². The van der Waals surface area contributed by atoms with Crippen molar-refractivity contribution in [2.45, 2.75) is 32.6 Å². The van der Waals surface area contributed by atoms with Crippen molar-refractivity contribution in [2.24, 2.45) is 0 Å². The van der Waals surface area contributed by atoms with E-state index in [-0.39, 0.29) is 18.1 Å². The van der Waals surface area contributed by atoms with Crippen LogP contribution in [0.3, 0.4) is 0 Å². The second kappa shape index (κ2) is 8.25. The summed E-state index contributed by atoms with van der Waals surface area (Å²) >= 11 is 1.68. The highest BCUT2D eigenvalue weighted by Crippen LogP contribution is 2.33. The molecule has 4 rings (SSSR count). The summed E-state index contributed by atoms with van der Waals surface area (Å²) in [5.41, 5.74) is 5.46. The molecule has 0 N–H and O–H groups in total. The van der Waals surface area contributed by atoms with Crippen molar-refractivity contribution >= 4 is 17.2 Å². The van der Waals surface area contributed by atoms with Gasteiger partial charge in [0.15, 0.2) is 0 Å².